The number of alkyl halides is 3. The van der Waals surface area contributed by atoms with E-state index in [4.69, 9.17) is 0 Å². The Labute approximate surface area is 56.3 Å². The van der Waals surface area contributed by atoms with E-state index < -0.39 is 16.0 Å². The SMILES string of the molecule is CS(=O)(=O)/C=C\C(F)(F)F. The zero-order valence-electron chi connectivity index (χ0n) is 5.01. The molecule has 0 aliphatic carbocycles. The number of hydrogen-bond donors (Lipinski definition) is 0. The highest BCUT2D eigenvalue weighted by Gasteiger charge is 2.22. The van der Waals surface area contributed by atoms with Crippen molar-refractivity contribution in [3.8, 4) is 0 Å². The molecule has 0 aromatic heterocycles. The fourth-order valence-electron chi connectivity index (χ4n) is 0.201. The average Bonchev–Trinajstić information content (AvgIpc) is 1.57. The first-order chi connectivity index (χ1) is 4.21. The van der Waals surface area contributed by atoms with Crippen molar-refractivity contribution in [1.82, 2.24) is 0 Å². The van der Waals surface area contributed by atoms with Crippen LogP contribution in [0.4, 0.5) is 13.2 Å². The number of sulfone groups is 1. The molecule has 0 aromatic carbocycles. The molecule has 0 aliphatic heterocycles. The first-order valence-electron chi connectivity index (χ1n) is 2.17. The monoisotopic (exact) mass is 174 g/mol. The van der Waals surface area contributed by atoms with E-state index in [0.29, 0.717) is 6.26 Å². The van der Waals surface area contributed by atoms with Gasteiger partial charge in [0.1, 0.15) is 0 Å². The molecule has 6 heteroatoms. The van der Waals surface area contributed by atoms with Crippen LogP contribution in [0.5, 0.6) is 0 Å². The van der Waals surface area contributed by atoms with Gasteiger partial charge in [0.2, 0.25) is 0 Å². The predicted octanol–water partition coefficient (Wildman–Crippen LogP) is 1.11. The molecule has 0 atom stereocenters. The zero-order valence-corrected chi connectivity index (χ0v) is 5.83. The summed E-state index contributed by atoms with van der Waals surface area (Å²) in [4.78, 5) is 0. The van der Waals surface area contributed by atoms with Crippen LogP contribution in [0.25, 0.3) is 0 Å². The molecule has 0 aliphatic rings. The van der Waals surface area contributed by atoms with E-state index in [1.165, 1.54) is 0 Å². The molecule has 0 rings (SSSR count). The molecule has 0 amide bonds. The molecule has 0 aromatic rings. The van der Waals surface area contributed by atoms with E-state index in [0.717, 1.165) is 0 Å². The van der Waals surface area contributed by atoms with Gasteiger partial charge in [-0.2, -0.15) is 13.2 Å². The molecular formula is C4H5F3O2S. The Hall–Kier alpha value is -0.520. The van der Waals surface area contributed by atoms with Crippen molar-refractivity contribution in [2.24, 2.45) is 0 Å². The predicted molar refractivity (Wildman–Crippen MR) is 30.0 cm³/mol. The fourth-order valence-corrected chi connectivity index (χ4v) is 0.602. The van der Waals surface area contributed by atoms with Crippen molar-refractivity contribution in [3.63, 3.8) is 0 Å². The van der Waals surface area contributed by atoms with E-state index in [9.17, 15) is 21.6 Å². The Kier molecular flexibility index (Phi) is 2.48. The van der Waals surface area contributed by atoms with Crippen LogP contribution < -0.4 is 0 Å². The molecule has 0 bridgehead atoms. The highest BCUT2D eigenvalue weighted by molar-refractivity contribution is 7.93. The summed E-state index contributed by atoms with van der Waals surface area (Å²) in [7, 11) is -3.66. The van der Waals surface area contributed by atoms with E-state index in [1.807, 2.05) is 0 Å². The molecule has 10 heavy (non-hydrogen) atoms. The first kappa shape index (κ1) is 9.48. The molecule has 0 heterocycles. The molecule has 0 N–H and O–H groups in total. The number of halogens is 3. The fraction of sp³-hybridized carbons (Fsp3) is 0.500. The second-order valence-electron chi connectivity index (χ2n) is 1.67. The van der Waals surface area contributed by atoms with Crippen molar-refractivity contribution in [2.75, 3.05) is 6.26 Å². The second kappa shape index (κ2) is 2.61. The first-order valence-corrected chi connectivity index (χ1v) is 4.12. The summed E-state index contributed by atoms with van der Waals surface area (Å²) in [6.07, 6.45) is -4.18. The Morgan fingerprint density at radius 2 is 1.70 bits per heavy atom. The maximum absolute atomic E-state index is 11.2. The second-order valence-corrected chi connectivity index (χ2v) is 3.61. The Morgan fingerprint density at radius 1 is 1.30 bits per heavy atom. The van der Waals surface area contributed by atoms with Gasteiger partial charge < -0.3 is 0 Å². The molecule has 2 nitrogen and oxygen atoms in total. The topological polar surface area (TPSA) is 34.1 Å². The van der Waals surface area contributed by atoms with E-state index >= 15 is 0 Å². The van der Waals surface area contributed by atoms with Crippen LogP contribution in [0.3, 0.4) is 0 Å². The molecule has 0 radical (unpaired) electrons. The van der Waals surface area contributed by atoms with Gasteiger partial charge >= 0.3 is 6.18 Å². The minimum absolute atomic E-state index is 0.118. The maximum Gasteiger partial charge on any atom is 0.410 e. The summed E-state index contributed by atoms with van der Waals surface area (Å²) < 4.78 is 53.9. The number of allylic oxidation sites excluding steroid dienone is 1. The third kappa shape index (κ3) is 7.48. The van der Waals surface area contributed by atoms with E-state index in [-0.39, 0.29) is 11.5 Å². The standard InChI is InChI=1S/C4H5F3O2S/c1-10(8,9)3-2-4(5,6)7/h2-3H,1H3/b3-2-. The van der Waals surface area contributed by atoms with Crippen molar-refractivity contribution in [1.29, 1.82) is 0 Å². The highest BCUT2D eigenvalue weighted by atomic mass is 32.2. The lowest BCUT2D eigenvalue weighted by atomic mass is 10.6. The van der Waals surface area contributed by atoms with Gasteiger partial charge in [0.05, 0.1) is 0 Å². The number of hydrogen-bond acceptors (Lipinski definition) is 2. The van der Waals surface area contributed by atoms with Crippen molar-refractivity contribution in [3.05, 3.63) is 11.5 Å². The minimum Gasteiger partial charge on any atom is -0.225 e. The van der Waals surface area contributed by atoms with Gasteiger partial charge in [-0.15, -0.1) is 0 Å². The average molecular weight is 174 g/mol. The van der Waals surface area contributed by atoms with Gasteiger partial charge in [-0.25, -0.2) is 8.42 Å². The molecule has 0 fully saturated rings. The maximum atomic E-state index is 11.2. The Balaban J connectivity index is 4.31. The molecule has 60 valence electrons. The third-order valence-electron chi connectivity index (χ3n) is 0.504. The van der Waals surface area contributed by atoms with Gasteiger partial charge in [-0.1, -0.05) is 0 Å². The lowest BCUT2D eigenvalue weighted by molar-refractivity contribution is -0.0797. The molecule has 0 saturated carbocycles. The highest BCUT2D eigenvalue weighted by Crippen LogP contribution is 2.16. The van der Waals surface area contributed by atoms with Crippen LogP contribution in [-0.2, 0) is 9.84 Å². The van der Waals surface area contributed by atoms with Crippen molar-refractivity contribution < 1.29 is 21.6 Å². The smallest absolute Gasteiger partial charge is 0.225 e. The summed E-state index contributed by atoms with van der Waals surface area (Å²) in [5.41, 5.74) is 0. The largest absolute Gasteiger partial charge is 0.410 e. The summed E-state index contributed by atoms with van der Waals surface area (Å²) in [6, 6.07) is 0. The molecule has 0 saturated heterocycles. The normalized spacial score (nSPS) is 14.4. The third-order valence-corrected chi connectivity index (χ3v) is 1.13. The minimum atomic E-state index is -4.55. The van der Waals surface area contributed by atoms with E-state index in [2.05, 4.69) is 0 Å². The molecule has 0 spiro atoms. The van der Waals surface area contributed by atoms with Crippen LogP contribution in [-0.4, -0.2) is 20.8 Å². The zero-order chi connectivity index (χ0) is 8.41. The van der Waals surface area contributed by atoms with Gasteiger partial charge in [-0.3, -0.25) is 0 Å². The lowest BCUT2D eigenvalue weighted by Crippen LogP contribution is -2.02. The Morgan fingerprint density at radius 3 is 1.80 bits per heavy atom. The van der Waals surface area contributed by atoms with E-state index in [1.54, 1.807) is 0 Å². The van der Waals surface area contributed by atoms with Gasteiger partial charge in [0.15, 0.2) is 9.84 Å². The van der Waals surface area contributed by atoms with Crippen molar-refractivity contribution in [2.45, 2.75) is 6.18 Å². The number of rotatable bonds is 1. The van der Waals surface area contributed by atoms with Gasteiger partial charge in [-0.05, 0) is 0 Å². The summed E-state index contributed by atoms with van der Waals surface area (Å²) >= 11 is 0. The lowest BCUT2D eigenvalue weighted by Gasteiger charge is -1.95. The van der Waals surface area contributed by atoms with Gasteiger partial charge in [0, 0.05) is 17.7 Å². The molecule has 0 unspecified atom stereocenters. The van der Waals surface area contributed by atoms with Crippen LogP contribution in [0.1, 0.15) is 0 Å². The summed E-state index contributed by atoms with van der Waals surface area (Å²) in [5, 5.41) is 0.118. The van der Waals surface area contributed by atoms with Crippen LogP contribution in [0, 0.1) is 0 Å². The quantitative estimate of drug-likeness (QED) is 0.596. The Bertz CT molecular complexity index is 223. The van der Waals surface area contributed by atoms with Crippen LogP contribution in [0.15, 0.2) is 11.5 Å². The van der Waals surface area contributed by atoms with Crippen LogP contribution in [0.2, 0.25) is 0 Å². The van der Waals surface area contributed by atoms with Crippen molar-refractivity contribution >= 4 is 9.84 Å². The molecular weight excluding hydrogens is 169 g/mol. The summed E-state index contributed by atoms with van der Waals surface area (Å²) in [6.45, 7) is 0. The van der Waals surface area contributed by atoms with Crippen LogP contribution >= 0.6 is 0 Å². The summed E-state index contributed by atoms with van der Waals surface area (Å²) in [5.74, 6) is 0. The van der Waals surface area contributed by atoms with Gasteiger partial charge in [0.25, 0.3) is 0 Å².